The molecule has 0 saturated heterocycles. The predicted octanol–water partition coefficient (Wildman–Crippen LogP) is 1.81. The molecule has 0 spiro atoms. The van der Waals surface area contributed by atoms with Crippen LogP contribution >= 0.6 is 0 Å². The minimum atomic E-state index is -3.18. The van der Waals surface area contributed by atoms with Crippen LogP contribution in [0.2, 0.25) is 0 Å². The van der Waals surface area contributed by atoms with Crippen molar-refractivity contribution in [1.82, 2.24) is 0 Å². The summed E-state index contributed by atoms with van der Waals surface area (Å²) in [6.45, 7) is 2.59. The molecule has 1 aromatic rings. The zero-order valence-corrected chi connectivity index (χ0v) is 10.1. The maximum Gasteiger partial charge on any atom is 0.232 e. The number of anilines is 2. The van der Waals surface area contributed by atoms with Gasteiger partial charge in [-0.15, -0.1) is 0 Å². The van der Waals surface area contributed by atoms with Crippen LogP contribution in [0.25, 0.3) is 0 Å². The molecule has 0 aliphatic carbocycles. The first-order valence-corrected chi connectivity index (χ1v) is 7.14. The summed E-state index contributed by atoms with van der Waals surface area (Å²) < 4.78 is 25.7. The maximum absolute atomic E-state index is 11.5. The van der Waals surface area contributed by atoms with Gasteiger partial charge >= 0.3 is 0 Å². The molecule has 1 aliphatic heterocycles. The minimum absolute atomic E-state index is 0.101. The third-order valence-electron chi connectivity index (χ3n) is 2.74. The Bertz CT molecular complexity index is 483. The fourth-order valence-electron chi connectivity index (χ4n) is 1.85. The lowest BCUT2D eigenvalue weighted by Crippen LogP contribution is -2.18. The Hall–Kier alpha value is -1.23. The number of sulfonamides is 1. The number of nitrogens with one attached hydrogen (secondary N) is 2. The highest BCUT2D eigenvalue weighted by molar-refractivity contribution is 7.92. The first kappa shape index (κ1) is 11.3. The first-order chi connectivity index (χ1) is 7.62. The van der Waals surface area contributed by atoms with E-state index in [-0.39, 0.29) is 5.75 Å². The van der Waals surface area contributed by atoms with Gasteiger partial charge in [-0.25, -0.2) is 8.42 Å². The van der Waals surface area contributed by atoms with Crippen LogP contribution in [-0.2, 0) is 16.4 Å². The molecule has 16 heavy (non-hydrogen) atoms. The van der Waals surface area contributed by atoms with Gasteiger partial charge in [0.2, 0.25) is 10.0 Å². The summed E-state index contributed by atoms with van der Waals surface area (Å²) in [5.74, 6) is 0.101. The molecule has 0 unspecified atom stereocenters. The van der Waals surface area contributed by atoms with Crippen molar-refractivity contribution in [2.45, 2.75) is 19.8 Å². The van der Waals surface area contributed by atoms with Crippen LogP contribution in [-0.4, -0.2) is 20.7 Å². The second kappa shape index (κ2) is 4.33. The van der Waals surface area contributed by atoms with Gasteiger partial charge in [0.05, 0.1) is 11.4 Å². The van der Waals surface area contributed by atoms with E-state index in [1.54, 1.807) is 6.92 Å². The molecular weight excluding hydrogens is 224 g/mol. The topological polar surface area (TPSA) is 58.2 Å². The molecule has 0 aromatic heterocycles. The fraction of sp³-hybridized carbons (Fsp3) is 0.455. The number of rotatable bonds is 3. The smallest absolute Gasteiger partial charge is 0.232 e. The van der Waals surface area contributed by atoms with Gasteiger partial charge in [0.15, 0.2) is 0 Å². The molecule has 0 atom stereocenters. The number of hydrogen-bond donors (Lipinski definition) is 2. The molecule has 4 nitrogen and oxygen atoms in total. The molecule has 0 bridgehead atoms. The lowest BCUT2D eigenvalue weighted by atomic mass is 10.0. The van der Waals surface area contributed by atoms with E-state index in [0.717, 1.165) is 30.6 Å². The summed E-state index contributed by atoms with van der Waals surface area (Å²) in [6.07, 6.45) is 1.96. The molecule has 0 saturated carbocycles. The third kappa shape index (κ3) is 2.29. The molecule has 1 heterocycles. The molecule has 0 radical (unpaired) electrons. The van der Waals surface area contributed by atoms with Gasteiger partial charge < -0.3 is 5.32 Å². The monoisotopic (exact) mass is 240 g/mol. The van der Waals surface area contributed by atoms with Crippen molar-refractivity contribution < 1.29 is 8.42 Å². The largest absolute Gasteiger partial charge is 0.385 e. The highest BCUT2D eigenvalue weighted by atomic mass is 32.2. The van der Waals surface area contributed by atoms with Gasteiger partial charge in [-0.1, -0.05) is 6.07 Å². The Kier molecular flexibility index (Phi) is 3.05. The Balaban J connectivity index is 2.35. The number of fused-ring (bicyclic) bond motifs is 1. The maximum atomic E-state index is 11.5. The summed E-state index contributed by atoms with van der Waals surface area (Å²) in [7, 11) is -3.18. The fourth-order valence-corrected chi connectivity index (χ4v) is 2.52. The van der Waals surface area contributed by atoms with Crippen LogP contribution in [0.1, 0.15) is 18.9 Å². The Morgan fingerprint density at radius 3 is 3.00 bits per heavy atom. The van der Waals surface area contributed by atoms with Crippen LogP contribution in [0.5, 0.6) is 0 Å². The SMILES string of the molecule is CCS(=O)(=O)Nc1cccc2c1CCCN2. The van der Waals surface area contributed by atoms with E-state index in [9.17, 15) is 8.42 Å². The third-order valence-corrected chi connectivity index (χ3v) is 4.03. The van der Waals surface area contributed by atoms with Gasteiger partial charge in [-0.3, -0.25) is 4.72 Å². The first-order valence-electron chi connectivity index (χ1n) is 5.48. The predicted molar refractivity (Wildman–Crippen MR) is 66.3 cm³/mol. The van der Waals surface area contributed by atoms with Crippen LogP contribution in [0.4, 0.5) is 11.4 Å². The van der Waals surface area contributed by atoms with E-state index in [0.29, 0.717) is 5.69 Å². The molecule has 2 rings (SSSR count). The van der Waals surface area contributed by atoms with Crippen LogP contribution in [0, 0.1) is 0 Å². The molecular formula is C11H16N2O2S. The van der Waals surface area contributed by atoms with E-state index >= 15 is 0 Å². The van der Waals surface area contributed by atoms with Crippen molar-refractivity contribution >= 4 is 21.4 Å². The highest BCUT2D eigenvalue weighted by Crippen LogP contribution is 2.29. The summed E-state index contributed by atoms with van der Waals surface area (Å²) in [5, 5.41) is 3.27. The summed E-state index contributed by atoms with van der Waals surface area (Å²) in [5.41, 5.74) is 2.83. The highest BCUT2D eigenvalue weighted by Gasteiger charge is 2.15. The lowest BCUT2D eigenvalue weighted by molar-refractivity contribution is 0.602. The van der Waals surface area contributed by atoms with Gasteiger partial charge in [-0.2, -0.15) is 0 Å². The zero-order chi connectivity index (χ0) is 11.6. The second-order valence-electron chi connectivity index (χ2n) is 3.87. The van der Waals surface area contributed by atoms with E-state index in [1.807, 2.05) is 18.2 Å². The van der Waals surface area contributed by atoms with E-state index in [4.69, 9.17) is 0 Å². The van der Waals surface area contributed by atoms with E-state index < -0.39 is 10.0 Å². The van der Waals surface area contributed by atoms with E-state index in [2.05, 4.69) is 10.0 Å². The minimum Gasteiger partial charge on any atom is -0.385 e. The van der Waals surface area contributed by atoms with Crippen molar-refractivity contribution in [3.63, 3.8) is 0 Å². The Morgan fingerprint density at radius 2 is 2.25 bits per heavy atom. The Labute approximate surface area is 96.1 Å². The van der Waals surface area contributed by atoms with Crippen LogP contribution in [0.15, 0.2) is 18.2 Å². The molecule has 88 valence electrons. The second-order valence-corrected chi connectivity index (χ2v) is 5.88. The van der Waals surface area contributed by atoms with Crippen molar-refractivity contribution in [2.75, 3.05) is 22.3 Å². The van der Waals surface area contributed by atoms with Gasteiger partial charge in [0.1, 0.15) is 0 Å². The molecule has 2 N–H and O–H groups in total. The Morgan fingerprint density at radius 1 is 1.44 bits per heavy atom. The summed E-state index contributed by atoms with van der Waals surface area (Å²) >= 11 is 0. The zero-order valence-electron chi connectivity index (χ0n) is 9.29. The summed E-state index contributed by atoms with van der Waals surface area (Å²) in [4.78, 5) is 0. The summed E-state index contributed by atoms with van der Waals surface area (Å²) in [6, 6.07) is 5.67. The normalized spacial score (nSPS) is 15.1. The molecule has 1 aliphatic rings. The lowest BCUT2D eigenvalue weighted by Gasteiger charge is -2.21. The van der Waals surface area contributed by atoms with Gasteiger partial charge in [0, 0.05) is 12.2 Å². The average Bonchev–Trinajstić information content (AvgIpc) is 2.29. The van der Waals surface area contributed by atoms with Crippen molar-refractivity contribution in [3.8, 4) is 0 Å². The quantitative estimate of drug-likeness (QED) is 0.847. The molecule has 5 heteroatoms. The van der Waals surface area contributed by atoms with Crippen molar-refractivity contribution in [2.24, 2.45) is 0 Å². The number of hydrogen-bond acceptors (Lipinski definition) is 3. The van der Waals surface area contributed by atoms with Gasteiger partial charge in [0.25, 0.3) is 0 Å². The standard InChI is InChI=1S/C11H16N2O2S/c1-2-16(14,15)13-11-7-3-6-10-9(11)5-4-8-12-10/h3,6-7,12-13H,2,4-5,8H2,1H3. The van der Waals surface area contributed by atoms with Crippen LogP contribution in [0.3, 0.4) is 0 Å². The van der Waals surface area contributed by atoms with Crippen molar-refractivity contribution in [1.29, 1.82) is 0 Å². The van der Waals surface area contributed by atoms with E-state index in [1.165, 1.54) is 0 Å². The number of benzene rings is 1. The molecule has 0 fully saturated rings. The average molecular weight is 240 g/mol. The molecule has 0 amide bonds. The van der Waals surface area contributed by atoms with Gasteiger partial charge in [-0.05, 0) is 37.5 Å². The molecule has 1 aromatic carbocycles. The van der Waals surface area contributed by atoms with Crippen LogP contribution < -0.4 is 10.0 Å². The van der Waals surface area contributed by atoms with Crippen molar-refractivity contribution in [3.05, 3.63) is 23.8 Å².